The molecule has 2 bridgehead atoms. The molecule has 5 rings (SSSR count). The summed E-state index contributed by atoms with van der Waals surface area (Å²) in [5.41, 5.74) is 0.444. The van der Waals surface area contributed by atoms with Gasteiger partial charge >= 0.3 is 0 Å². The van der Waals surface area contributed by atoms with Gasteiger partial charge in [0.15, 0.2) is 0 Å². The van der Waals surface area contributed by atoms with Gasteiger partial charge in [0, 0.05) is 51.0 Å². The predicted octanol–water partition coefficient (Wildman–Crippen LogP) is 0.777. The minimum Gasteiger partial charge on any atom is -0.348 e. The van der Waals surface area contributed by atoms with Crippen molar-refractivity contribution < 1.29 is 4.39 Å². The van der Waals surface area contributed by atoms with Crippen LogP contribution in [0.3, 0.4) is 0 Å². The first-order chi connectivity index (χ1) is 11.1. The van der Waals surface area contributed by atoms with Gasteiger partial charge in [-0.05, 0) is 18.6 Å². The Morgan fingerprint density at radius 3 is 2.78 bits per heavy atom. The van der Waals surface area contributed by atoms with Gasteiger partial charge in [-0.1, -0.05) is 0 Å². The van der Waals surface area contributed by atoms with Crippen LogP contribution in [-0.4, -0.2) is 44.6 Å². The van der Waals surface area contributed by atoms with Crippen molar-refractivity contribution in [2.24, 2.45) is 7.05 Å². The summed E-state index contributed by atoms with van der Waals surface area (Å²) >= 11 is 0. The Bertz CT molecular complexity index is 780. The lowest BCUT2D eigenvalue weighted by molar-refractivity contribution is 0.105. The molecule has 0 aromatic carbocycles. The van der Waals surface area contributed by atoms with E-state index in [9.17, 15) is 9.18 Å². The number of piperazine rings is 1. The standard InChI is InChI=1S/C16H18FN5O/c1-20-10-19-15(6-16(20)23)22-11-5-12(22)8-21(7-11)9-14-13(17)3-2-4-18-14/h2-4,6,10-12H,5,7-9H2,1H3. The van der Waals surface area contributed by atoms with E-state index in [1.165, 1.54) is 10.6 Å². The molecule has 2 atom stereocenters. The minimum atomic E-state index is -0.253. The fourth-order valence-corrected chi connectivity index (χ4v) is 3.54. The Morgan fingerprint density at radius 2 is 2.09 bits per heavy atom. The van der Waals surface area contributed by atoms with Gasteiger partial charge in [0.2, 0.25) is 0 Å². The fraction of sp³-hybridized carbons (Fsp3) is 0.438. The van der Waals surface area contributed by atoms with E-state index in [1.54, 1.807) is 31.7 Å². The largest absolute Gasteiger partial charge is 0.348 e. The second-order valence-corrected chi connectivity index (χ2v) is 6.27. The van der Waals surface area contributed by atoms with E-state index in [2.05, 4.69) is 19.8 Å². The highest BCUT2D eigenvalue weighted by molar-refractivity contribution is 5.45. The van der Waals surface area contributed by atoms with Crippen LogP contribution < -0.4 is 10.5 Å². The number of hydrogen-bond acceptors (Lipinski definition) is 5. The number of aromatic nitrogens is 3. The van der Waals surface area contributed by atoms with Crippen molar-refractivity contribution in [3.8, 4) is 0 Å². The summed E-state index contributed by atoms with van der Waals surface area (Å²) in [5.74, 6) is 0.495. The zero-order valence-electron chi connectivity index (χ0n) is 12.9. The number of fused-ring (bicyclic) bond motifs is 2. The molecule has 2 aromatic heterocycles. The van der Waals surface area contributed by atoms with E-state index in [1.807, 2.05) is 0 Å². The third kappa shape index (κ3) is 2.50. The molecule has 7 heteroatoms. The third-order valence-corrected chi connectivity index (χ3v) is 4.70. The summed E-state index contributed by atoms with van der Waals surface area (Å²) in [6.07, 6.45) is 4.28. The number of anilines is 1. The third-order valence-electron chi connectivity index (χ3n) is 4.70. The molecule has 120 valence electrons. The molecule has 0 amide bonds. The molecule has 0 radical (unpaired) electrons. The van der Waals surface area contributed by atoms with Crippen LogP contribution in [0.2, 0.25) is 0 Å². The molecule has 0 spiro atoms. The fourth-order valence-electron chi connectivity index (χ4n) is 3.54. The quantitative estimate of drug-likeness (QED) is 0.838. The van der Waals surface area contributed by atoms with Gasteiger partial charge in [-0.3, -0.25) is 14.7 Å². The van der Waals surface area contributed by atoms with E-state index < -0.39 is 0 Å². The number of halogens is 1. The second kappa shape index (κ2) is 5.42. The van der Waals surface area contributed by atoms with E-state index in [-0.39, 0.29) is 11.4 Å². The topological polar surface area (TPSA) is 54.3 Å². The van der Waals surface area contributed by atoms with Gasteiger partial charge in [0.25, 0.3) is 5.56 Å². The van der Waals surface area contributed by atoms with Gasteiger partial charge < -0.3 is 9.47 Å². The highest BCUT2D eigenvalue weighted by atomic mass is 19.1. The first kappa shape index (κ1) is 14.3. The van der Waals surface area contributed by atoms with E-state index >= 15 is 0 Å². The highest BCUT2D eigenvalue weighted by Gasteiger charge is 2.45. The van der Waals surface area contributed by atoms with Gasteiger partial charge in [-0.2, -0.15) is 0 Å². The van der Waals surface area contributed by atoms with Crippen LogP contribution in [0.1, 0.15) is 12.1 Å². The van der Waals surface area contributed by atoms with Crippen molar-refractivity contribution in [1.29, 1.82) is 0 Å². The maximum atomic E-state index is 13.7. The molecule has 2 aromatic rings. The maximum absolute atomic E-state index is 13.7. The number of nitrogens with zero attached hydrogens (tertiary/aromatic N) is 5. The van der Waals surface area contributed by atoms with Crippen LogP contribution in [-0.2, 0) is 13.6 Å². The van der Waals surface area contributed by atoms with Gasteiger partial charge in [0.05, 0.1) is 12.0 Å². The normalized spacial score (nSPS) is 23.7. The molecular formula is C16H18FN5O. The summed E-state index contributed by atoms with van der Waals surface area (Å²) in [5, 5.41) is 0. The molecule has 3 fully saturated rings. The monoisotopic (exact) mass is 315 g/mol. The average Bonchev–Trinajstić information content (AvgIpc) is 2.53. The number of hydrogen-bond donors (Lipinski definition) is 0. The molecule has 3 aliphatic heterocycles. The van der Waals surface area contributed by atoms with Crippen molar-refractivity contribution in [2.45, 2.75) is 25.0 Å². The molecule has 0 N–H and O–H groups in total. The second-order valence-electron chi connectivity index (χ2n) is 6.27. The lowest BCUT2D eigenvalue weighted by Gasteiger charge is -2.57. The van der Waals surface area contributed by atoms with E-state index in [4.69, 9.17) is 0 Å². The minimum absolute atomic E-state index is 0.0487. The number of aryl methyl sites for hydroxylation is 1. The van der Waals surface area contributed by atoms with Gasteiger partial charge in [-0.15, -0.1) is 0 Å². The summed E-state index contributed by atoms with van der Waals surface area (Å²) in [7, 11) is 1.69. The Labute approximate surface area is 133 Å². The zero-order valence-corrected chi connectivity index (χ0v) is 12.9. The van der Waals surface area contributed by atoms with E-state index in [0.717, 1.165) is 25.3 Å². The Balaban J connectivity index is 1.47. The SMILES string of the molecule is Cn1cnc(N2C3CC2CN(Cc2ncccc2F)C3)cc1=O. The summed E-state index contributed by atoms with van der Waals surface area (Å²) in [6.45, 7) is 2.20. The number of pyridine rings is 1. The lowest BCUT2D eigenvalue weighted by Crippen LogP contribution is -2.69. The van der Waals surface area contributed by atoms with Crippen LogP contribution >= 0.6 is 0 Å². The molecule has 2 unspecified atom stereocenters. The Kier molecular flexibility index (Phi) is 3.37. The average molecular weight is 315 g/mol. The lowest BCUT2D eigenvalue weighted by atomic mass is 9.87. The van der Waals surface area contributed by atoms with Crippen molar-refractivity contribution in [3.63, 3.8) is 0 Å². The van der Waals surface area contributed by atoms with E-state index in [0.29, 0.717) is 24.3 Å². The Morgan fingerprint density at radius 1 is 1.30 bits per heavy atom. The number of rotatable bonds is 3. The predicted molar refractivity (Wildman–Crippen MR) is 83.6 cm³/mol. The summed E-state index contributed by atoms with van der Waals surface area (Å²) in [4.78, 5) is 24.7. The van der Waals surface area contributed by atoms with Crippen LogP contribution in [0.5, 0.6) is 0 Å². The van der Waals surface area contributed by atoms with Crippen molar-refractivity contribution in [1.82, 2.24) is 19.4 Å². The molecule has 3 saturated heterocycles. The Hall–Kier alpha value is -2.28. The highest BCUT2D eigenvalue weighted by Crippen LogP contribution is 2.35. The van der Waals surface area contributed by atoms with Crippen molar-refractivity contribution in [2.75, 3.05) is 18.0 Å². The van der Waals surface area contributed by atoms with Crippen LogP contribution in [0.25, 0.3) is 0 Å². The van der Waals surface area contributed by atoms with Crippen molar-refractivity contribution >= 4 is 5.82 Å². The van der Waals surface area contributed by atoms with Gasteiger partial charge in [-0.25, -0.2) is 9.37 Å². The summed E-state index contributed by atoms with van der Waals surface area (Å²) in [6, 6.07) is 5.31. The molecule has 5 heterocycles. The summed E-state index contributed by atoms with van der Waals surface area (Å²) < 4.78 is 15.2. The molecule has 23 heavy (non-hydrogen) atoms. The van der Waals surface area contributed by atoms with Gasteiger partial charge in [0.1, 0.15) is 11.6 Å². The van der Waals surface area contributed by atoms with Crippen molar-refractivity contribution in [3.05, 3.63) is 52.6 Å². The maximum Gasteiger partial charge on any atom is 0.255 e. The molecular weight excluding hydrogens is 297 g/mol. The first-order valence-corrected chi connectivity index (χ1v) is 7.74. The molecule has 3 aliphatic rings. The molecule has 0 saturated carbocycles. The van der Waals surface area contributed by atoms with Crippen LogP contribution in [0, 0.1) is 5.82 Å². The molecule has 0 aliphatic carbocycles. The smallest absolute Gasteiger partial charge is 0.255 e. The molecule has 6 nitrogen and oxygen atoms in total. The first-order valence-electron chi connectivity index (χ1n) is 7.74. The van der Waals surface area contributed by atoms with Crippen LogP contribution in [0.4, 0.5) is 10.2 Å². The van der Waals surface area contributed by atoms with Crippen LogP contribution in [0.15, 0.2) is 35.5 Å². The zero-order chi connectivity index (χ0) is 16.0. The number of piperidine rings is 1.